The van der Waals surface area contributed by atoms with Crippen LogP contribution in [-0.2, 0) is 0 Å². The second-order valence-corrected chi connectivity index (χ2v) is 5.96. The summed E-state index contributed by atoms with van der Waals surface area (Å²) in [6.07, 6.45) is 2.87. The zero-order chi connectivity index (χ0) is 12.7. The molecule has 0 bridgehead atoms. The number of rotatable bonds is 2. The van der Waals surface area contributed by atoms with Gasteiger partial charge in [0.25, 0.3) is 0 Å². The van der Waals surface area contributed by atoms with Crippen molar-refractivity contribution in [2.24, 2.45) is 0 Å². The van der Waals surface area contributed by atoms with E-state index in [4.69, 9.17) is 23.2 Å². The second kappa shape index (κ2) is 4.66. The van der Waals surface area contributed by atoms with Crippen molar-refractivity contribution in [1.29, 1.82) is 0 Å². The standard InChI is InChI=1S/C15H18Cl2/c1-8-10(3)14(16)6-12(8)5-13-7-15(17)11(4)9(13)2/h5-7H2,1-4H3. The molecule has 0 spiro atoms. The van der Waals surface area contributed by atoms with Crippen LogP contribution in [0, 0.1) is 0 Å². The third-order valence-corrected chi connectivity index (χ3v) is 5.00. The van der Waals surface area contributed by atoms with E-state index in [-0.39, 0.29) is 0 Å². The van der Waals surface area contributed by atoms with E-state index in [0.29, 0.717) is 0 Å². The van der Waals surface area contributed by atoms with Crippen molar-refractivity contribution in [1.82, 2.24) is 0 Å². The van der Waals surface area contributed by atoms with Crippen LogP contribution < -0.4 is 0 Å². The first-order chi connectivity index (χ1) is 7.91. The molecule has 0 aromatic carbocycles. The Labute approximate surface area is 114 Å². The third-order valence-electron chi connectivity index (χ3n) is 4.16. The molecule has 17 heavy (non-hydrogen) atoms. The van der Waals surface area contributed by atoms with Crippen molar-refractivity contribution in [2.75, 3.05) is 0 Å². The van der Waals surface area contributed by atoms with Gasteiger partial charge in [0.05, 0.1) is 0 Å². The van der Waals surface area contributed by atoms with E-state index in [0.717, 1.165) is 29.3 Å². The molecule has 0 aromatic rings. The minimum Gasteiger partial charge on any atom is -0.0885 e. The lowest BCUT2D eigenvalue weighted by atomic mass is 9.97. The highest BCUT2D eigenvalue weighted by molar-refractivity contribution is 6.31. The van der Waals surface area contributed by atoms with Crippen LogP contribution in [0.4, 0.5) is 0 Å². The van der Waals surface area contributed by atoms with Gasteiger partial charge in [-0.2, -0.15) is 0 Å². The first kappa shape index (κ1) is 13.0. The van der Waals surface area contributed by atoms with Crippen molar-refractivity contribution in [2.45, 2.75) is 47.0 Å². The molecule has 92 valence electrons. The maximum atomic E-state index is 6.22. The topological polar surface area (TPSA) is 0 Å². The molecular formula is C15H18Cl2. The predicted octanol–water partition coefficient (Wildman–Crippen LogP) is 5.84. The van der Waals surface area contributed by atoms with E-state index in [9.17, 15) is 0 Å². The minimum atomic E-state index is 0.923. The summed E-state index contributed by atoms with van der Waals surface area (Å²) >= 11 is 12.4. The Hall–Kier alpha value is -0.460. The third kappa shape index (κ3) is 2.26. The van der Waals surface area contributed by atoms with E-state index in [2.05, 4.69) is 27.7 Å². The Kier molecular flexibility index (Phi) is 3.56. The molecular weight excluding hydrogens is 251 g/mol. The molecule has 0 atom stereocenters. The SMILES string of the molecule is CC1=C(Cl)CC(CC2=C(C)C(C)=C(Cl)C2)=C1C. The minimum absolute atomic E-state index is 0.923. The fraction of sp³-hybridized carbons (Fsp3) is 0.467. The van der Waals surface area contributed by atoms with Gasteiger partial charge in [-0.1, -0.05) is 34.3 Å². The molecule has 0 unspecified atom stereocenters. The van der Waals surface area contributed by atoms with Gasteiger partial charge in [0.15, 0.2) is 0 Å². The lowest BCUT2D eigenvalue weighted by molar-refractivity contribution is 0.991. The molecule has 0 amide bonds. The number of halogens is 2. The molecule has 0 saturated heterocycles. The lowest BCUT2D eigenvalue weighted by Gasteiger charge is -2.08. The van der Waals surface area contributed by atoms with Gasteiger partial charge in [0.2, 0.25) is 0 Å². The summed E-state index contributed by atoms with van der Waals surface area (Å²) in [6, 6.07) is 0. The molecule has 0 N–H and O–H groups in total. The van der Waals surface area contributed by atoms with Crippen LogP contribution in [-0.4, -0.2) is 0 Å². The van der Waals surface area contributed by atoms with Gasteiger partial charge in [0.1, 0.15) is 0 Å². The first-order valence-electron chi connectivity index (χ1n) is 6.00. The maximum absolute atomic E-state index is 6.22. The fourth-order valence-electron chi connectivity index (χ4n) is 2.49. The molecule has 2 heteroatoms. The highest BCUT2D eigenvalue weighted by Crippen LogP contribution is 2.42. The Bertz CT molecular complexity index is 453. The number of hydrogen-bond donors (Lipinski definition) is 0. The fourth-order valence-corrected chi connectivity index (χ4v) is 3.10. The Morgan fingerprint density at radius 2 is 1.06 bits per heavy atom. The largest absolute Gasteiger partial charge is 0.0885 e. The van der Waals surface area contributed by atoms with E-state index in [1.807, 2.05) is 0 Å². The molecule has 0 heterocycles. The second-order valence-electron chi connectivity index (χ2n) is 5.05. The summed E-state index contributed by atoms with van der Waals surface area (Å²) in [6.45, 7) is 8.56. The summed E-state index contributed by atoms with van der Waals surface area (Å²) in [5.74, 6) is 0. The molecule has 0 saturated carbocycles. The molecule has 0 fully saturated rings. The summed E-state index contributed by atoms with van der Waals surface area (Å²) in [7, 11) is 0. The van der Waals surface area contributed by atoms with Crippen molar-refractivity contribution < 1.29 is 0 Å². The van der Waals surface area contributed by atoms with Crippen LogP contribution in [0.15, 0.2) is 43.5 Å². The first-order valence-corrected chi connectivity index (χ1v) is 6.76. The lowest BCUT2D eigenvalue weighted by Crippen LogP contribution is -1.89. The molecule has 0 nitrogen and oxygen atoms in total. The number of hydrogen-bond acceptors (Lipinski definition) is 0. The van der Waals surface area contributed by atoms with Crippen molar-refractivity contribution in [3.8, 4) is 0 Å². The summed E-state index contributed by atoms with van der Waals surface area (Å²) in [5, 5.41) is 2.01. The van der Waals surface area contributed by atoms with Gasteiger partial charge < -0.3 is 0 Å². The Balaban J connectivity index is 2.18. The van der Waals surface area contributed by atoms with Crippen LogP contribution in [0.3, 0.4) is 0 Å². The zero-order valence-electron chi connectivity index (χ0n) is 10.9. The molecule has 2 aliphatic carbocycles. The van der Waals surface area contributed by atoms with Crippen molar-refractivity contribution in [3.63, 3.8) is 0 Å². The van der Waals surface area contributed by atoms with Crippen molar-refractivity contribution >= 4 is 23.2 Å². The normalized spacial score (nSPS) is 21.5. The molecule has 0 radical (unpaired) electrons. The zero-order valence-corrected chi connectivity index (χ0v) is 12.4. The van der Waals surface area contributed by atoms with E-state index < -0.39 is 0 Å². The molecule has 0 aliphatic heterocycles. The van der Waals surface area contributed by atoms with Crippen LogP contribution in [0.5, 0.6) is 0 Å². The van der Waals surface area contributed by atoms with E-state index in [1.54, 1.807) is 0 Å². The highest BCUT2D eigenvalue weighted by Gasteiger charge is 2.22. The summed E-state index contributed by atoms with van der Waals surface area (Å²) in [4.78, 5) is 0. The highest BCUT2D eigenvalue weighted by atomic mass is 35.5. The monoisotopic (exact) mass is 268 g/mol. The van der Waals surface area contributed by atoms with Crippen molar-refractivity contribution in [3.05, 3.63) is 43.5 Å². The van der Waals surface area contributed by atoms with Gasteiger partial charge >= 0.3 is 0 Å². The maximum Gasteiger partial charge on any atom is 0.0253 e. The van der Waals surface area contributed by atoms with Gasteiger partial charge in [-0.05, 0) is 56.4 Å². The van der Waals surface area contributed by atoms with Crippen LogP contribution in [0.1, 0.15) is 47.0 Å². The van der Waals surface area contributed by atoms with E-state index >= 15 is 0 Å². The smallest absolute Gasteiger partial charge is 0.0253 e. The van der Waals surface area contributed by atoms with Gasteiger partial charge in [0, 0.05) is 22.9 Å². The van der Waals surface area contributed by atoms with Gasteiger partial charge in [-0.15, -0.1) is 0 Å². The van der Waals surface area contributed by atoms with E-state index in [1.165, 1.54) is 33.4 Å². The summed E-state index contributed by atoms with van der Waals surface area (Å²) in [5.41, 5.74) is 8.18. The summed E-state index contributed by atoms with van der Waals surface area (Å²) < 4.78 is 0. The average molecular weight is 269 g/mol. The molecule has 2 rings (SSSR count). The van der Waals surface area contributed by atoms with Gasteiger partial charge in [-0.25, -0.2) is 0 Å². The molecule has 2 aliphatic rings. The average Bonchev–Trinajstić information content (AvgIpc) is 2.66. The van der Waals surface area contributed by atoms with Gasteiger partial charge in [-0.3, -0.25) is 0 Å². The quantitative estimate of drug-likeness (QED) is 0.590. The predicted molar refractivity (Wildman–Crippen MR) is 76.4 cm³/mol. The van der Waals surface area contributed by atoms with Crippen LogP contribution in [0.2, 0.25) is 0 Å². The van der Waals surface area contributed by atoms with Crippen LogP contribution >= 0.6 is 23.2 Å². The molecule has 0 aromatic heterocycles. The Morgan fingerprint density at radius 3 is 1.29 bits per heavy atom. The Morgan fingerprint density at radius 1 is 0.706 bits per heavy atom. The van der Waals surface area contributed by atoms with Crippen LogP contribution in [0.25, 0.3) is 0 Å². The number of allylic oxidation sites excluding steroid dienone is 8.